The van der Waals surface area contributed by atoms with Gasteiger partial charge in [-0.3, -0.25) is 9.59 Å². The molecule has 1 amide bonds. The molecule has 0 saturated heterocycles. The summed E-state index contributed by atoms with van der Waals surface area (Å²) >= 11 is 0. The van der Waals surface area contributed by atoms with Crippen LogP contribution in [0.5, 0.6) is 0 Å². The molecule has 2 aromatic rings. The highest BCUT2D eigenvalue weighted by Crippen LogP contribution is 2.09. The van der Waals surface area contributed by atoms with Crippen molar-refractivity contribution in [1.29, 1.82) is 0 Å². The molecule has 6 heteroatoms. The van der Waals surface area contributed by atoms with Crippen LogP contribution in [-0.2, 0) is 0 Å². The van der Waals surface area contributed by atoms with E-state index in [4.69, 9.17) is 0 Å². The lowest BCUT2D eigenvalue weighted by Gasteiger charge is -2.02. The summed E-state index contributed by atoms with van der Waals surface area (Å²) in [5.74, 6) is -0.378. The van der Waals surface area contributed by atoms with Gasteiger partial charge in [0.25, 0.3) is 5.91 Å². The molecule has 0 aliphatic rings. The number of H-pyrrole nitrogens is 1. The number of hydrogen-bond donors (Lipinski definition) is 2. The van der Waals surface area contributed by atoms with Crippen LogP contribution in [0.2, 0.25) is 0 Å². The second kappa shape index (κ2) is 4.35. The van der Waals surface area contributed by atoms with Crippen LogP contribution in [0.25, 0.3) is 0 Å². The van der Waals surface area contributed by atoms with Crippen LogP contribution in [0.4, 0.5) is 5.69 Å². The Bertz CT molecular complexity index is 507. The highest BCUT2D eigenvalue weighted by atomic mass is 16.2. The monoisotopic (exact) mass is 216 g/mol. The van der Waals surface area contributed by atoms with E-state index in [-0.39, 0.29) is 11.6 Å². The Morgan fingerprint density at radius 2 is 2.31 bits per heavy atom. The Labute approximate surface area is 90.7 Å². The Balaban J connectivity index is 2.15. The third kappa shape index (κ3) is 2.11. The van der Waals surface area contributed by atoms with Gasteiger partial charge < -0.3 is 5.32 Å². The maximum Gasteiger partial charge on any atom is 0.277 e. The molecular formula is C10H8N4O2. The first-order valence-electron chi connectivity index (χ1n) is 4.52. The van der Waals surface area contributed by atoms with Gasteiger partial charge in [0.2, 0.25) is 0 Å². The smallest absolute Gasteiger partial charge is 0.277 e. The van der Waals surface area contributed by atoms with Gasteiger partial charge in [-0.1, -0.05) is 12.1 Å². The predicted octanol–water partition coefficient (Wildman–Crippen LogP) is 0.869. The molecule has 2 rings (SSSR count). The number of nitrogens with zero attached hydrogens (tertiary/aromatic N) is 2. The summed E-state index contributed by atoms with van der Waals surface area (Å²) in [4.78, 5) is 22.1. The van der Waals surface area contributed by atoms with Gasteiger partial charge in [-0.2, -0.15) is 15.4 Å². The van der Waals surface area contributed by atoms with Crippen molar-refractivity contribution in [3.63, 3.8) is 0 Å². The van der Waals surface area contributed by atoms with Gasteiger partial charge in [0.05, 0.1) is 6.20 Å². The minimum absolute atomic E-state index is 0.191. The molecule has 0 aliphatic heterocycles. The Kier molecular flexibility index (Phi) is 2.73. The van der Waals surface area contributed by atoms with Crippen LogP contribution in [0.3, 0.4) is 0 Å². The average molecular weight is 216 g/mol. The first-order valence-corrected chi connectivity index (χ1v) is 4.52. The number of rotatable bonds is 3. The number of anilines is 1. The van der Waals surface area contributed by atoms with Gasteiger partial charge in [-0.05, 0) is 12.1 Å². The van der Waals surface area contributed by atoms with Crippen molar-refractivity contribution in [1.82, 2.24) is 15.4 Å². The van der Waals surface area contributed by atoms with Gasteiger partial charge in [0.1, 0.15) is 6.29 Å². The highest BCUT2D eigenvalue weighted by molar-refractivity contribution is 6.02. The molecular weight excluding hydrogens is 208 g/mol. The molecule has 0 aliphatic carbocycles. The number of aromatic nitrogens is 3. The molecule has 2 N–H and O–H groups in total. The zero-order valence-electron chi connectivity index (χ0n) is 8.18. The van der Waals surface area contributed by atoms with Gasteiger partial charge in [-0.25, -0.2) is 0 Å². The summed E-state index contributed by atoms with van der Waals surface area (Å²) < 4.78 is 0. The molecule has 0 unspecified atom stereocenters. The summed E-state index contributed by atoms with van der Waals surface area (Å²) in [7, 11) is 0. The number of benzene rings is 1. The van der Waals surface area contributed by atoms with Gasteiger partial charge in [0, 0.05) is 11.3 Å². The molecule has 80 valence electrons. The zero-order valence-corrected chi connectivity index (χ0v) is 8.18. The normalized spacial score (nSPS) is 9.75. The fourth-order valence-corrected chi connectivity index (χ4v) is 1.20. The van der Waals surface area contributed by atoms with Crippen molar-refractivity contribution in [2.45, 2.75) is 0 Å². The highest BCUT2D eigenvalue weighted by Gasteiger charge is 2.08. The fraction of sp³-hybridized carbons (Fsp3) is 0. The first-order chi connectivity index (χ1) is 7.79. The molecule has 0 fully saturated rings. The quantitative estimate of drug-likeness (QED) is 0.745. The van der Waals surface area contributed by atoms with E-state index >= 15 is 0 Å². The number of carbonyl (C=O) groups excluding carboxylic acids is 2. The molecule has 0 atom stereocenters. The molecule has 0 saturated carbocycles. The zero-order chi connectivity index (χ0) is 11.4. The molecule has 1 aromatic heterocycles. The summed E-state index contributed by atoms with van der Waals surface area (Å²) in [6.45, 7) is 0. The Hall–Kier alpha value is -2.50. The van der Waals surface area contributed by atoms with Gasteiger partial charge in [0.15, 0.2) is 5.69 Å². The molecule has 0 radical (unpaired) electrons. The number of aldehydes is 1. The van der Waals surface area contributed by atoms with E-state index in [1.165, 1.54) is 6.20 Å². The van der Waals surface area contributed by atoms with Crippen molar-refractivity contribution in [2.24, 2.45) is 0 Å². The lowest BCUT2D eigenvalue weighted by Crippen LogP contribution is -2.12. The molecule has 16 heavy (non-hydrogen) atoms. The second-order valence-corrected chi connectivity index (χ2v) is 3.05. The lowest BCUT2D eigenvalue weighted by molar-refractivity contribution is 0.102. The van der Waals surface area contributed by atoms with E-state index in [2.05, 4.69) is 20.7 Å². The molecule has 1 aromatic carbocycles. The topological polar surface area (TPSA) is 87.7 Å². The minimum atomic E-state index is -0.378. The standard InChI is InChI=1S/C10H8N4O2/c15-6-7-2-1-3-8(4-7)12-10(16)9-5-11-14-13-9/h1-6H,(H,12,16)(H,11,13,14). The summed E-state index contributed by atoms with van der Waals surface area (Å²) in [6, 6.07) is 6.59. The molecule has 0 spiro atoms. The molecule has 1 heterocycles. The van der Waals surface area contributed by atoms with Crippen LogP contribution in [0, 0.1) is 0 Å². The SMILES string of the molecule is O=Cc1cccc(NC(=O)c2cn[nH]n2)c1. The van der Waals surface area contributed by atoms with Crippen molar-refractivity contribution >= 4 is 17.9 Å². The van der Waals surface area contributed by atoms with E-state index in [1.807, 2.05) is 0 Å². The number of aromatic amines is 1. The fourth-order valence-electron chi connectivity index (χ4n) is 1.20. The molecule has 0 bridgehead atoms. The minimum Gasteiger partial charge on any atom is -0.321 e. The molecule has 6 nitrogen and oxygen atoms in total. The van der Waals surface area contributed by atoms with Gasteiger partial charge >= 0.3 is 0 Å². The largest absolute Gasteiger partial charge is 0.321 e. The lowest BCUT2D eigenvalue weighted by atomic mass is 10.2. The van der Waals surface area contributed by atoms with E-state index < -0.39 is 0 Å². The summed E-state index contributed by atoms with van der Waals surface area (Å²) in [5.41, 5.74) is 1.23. The maximum absolute atomic E-state index is 11.6. The predicted molar refractivity (Wildman–Crippen MR) is 56.2 cm³/mol. The number of amides is 1. The number of hydrogen-bond acceptors (Lipinski definition) is 4. The van der Waals surface area contributed by atoms with Crippen LogP contribution >= 0.6 is 0 Å². The van der Waals surface area contributed by atoms with Crippen LogP contribution < -0.4 is 5.32 Å². The van der Waals surface area contributed by atoms with Crippen molar-refractivity contribution in [3.05, 3.63) is 41.7 Å². The third-order valence-electron chi connectivity index (χ3n) is 1.93. The number of carbonyl (C=O) groups is 2. The van der Waals surface area contributed by atoms with E-state index in [0.717, 1.165) is 0 Å². The second-order valence-electron chi connectivity index (χ2n) is 3.05. The number of nitrogens with one attached hydrogen (secondary N) is 2. The van der Waals surface area contributed by atoms with E-state index in [1.54, 1.807) is 24.3 Å². The Morgan fingerprint density at radius 3 is 3.00 bits per heavy atom. The summed E-state index contributed by atoms with van der Waals surface area (Å²) in [6.07, 6.45) is 2.03. The average Bonchev–Trinajstić information content (AvgIpc) is 2.83. The summed E-state index contributed by atoms with van der Waals surface area (Å²) in [5, 5.41) is 12.1. The van der Waals surface area contributed by atoms with Crippen LogP contribution in [0.1, 0.15) is 20.8 Å². The van der Waals surface area contributed by atoms with E-state index in [9.17, 15) is 9.59 Å². The van der Waals surface area contributed by atoms with Crippen molar-refractivity contribution in [2.75, 3.05) is 5.32 Å². The van der Waals surface area contributed by atoms with Crippen molar-refractivity contribution < 1.29 is 9.59 Å². The van der Waals surface area contributed by atoms with Crippen LogP contribution in [0.15, 0.2) is 30.5 Å². The maximum atomic E-state index is 11.6. The van der Waals surface area contributed by atoms with Gasteiger partial charge in [-0.15, -0.1) is 0 Å². The van der Waals surface area contributed by atoms with E-state index in [0.29, 0.717) is 17.5 Å². The van der Waals surface area contributed by atoms with Crippen molar-refractivity contribution in [3.8, 4) is 0 Å². The first kappa shape index (κ1) is 10.0. The Morgan fingerprint density at radius 1 is 1.44 bits per heavy atom. The third-order valence-corrected chi connectivity index (χ3v) is 1.93. The van der Waals surface area contributed by atoms with Crippen LogP contribution in [-0.4, -0.2) is 27.6 Å².